The SMILES string of the molecule is CC[C@H](C)[C@H](NC(=O)[C@H](CC(=O)OC)NC(=O)OCc1ccccc1)C(=O)N1CCC[C@H]1C(=O)N[C@@H](CC(=O)OC)C(=O)CF. The fourth-order valence-electron chi connectivity index (χ4n) is 4.64. The summed E-state index contributed by atoms with van der Waals surface area (Å²) in [6.45, 7) is 2.13. The number of methoxy groups -OCH3 is 2. The molecular formula is C30H41FN4O10. The molecule has 1 saturated heterocycles. The van der Waals surface area contributed by atoms with Crippen molar-refractivity contribution in [3.63, 3.8) is 0 Å². The van der Waals surface area contributed by atoms with Crippen LogP contribution in [0.1, 0.15) is 51.5 Å². The molecule has 0 spiro atoms. The summed E-state index contributed by atoms with van der Waals surface area (Å²) in [4.78, 5) is 90.0. The van der Waals surface area contributed by atoms with Crippen molar-refractivity contribution in [2.45, 2.75) is 76.7 Å². The largest absolute Gasteiger partial charge is 0.469 e. The maximum Gasteiger partial charge on any atom is 0.408 e. The number of amides is 4. The van der Waals surface area contributed by atoms with Gasteiger partial charge in [-0.15, -0.1) is 0 Å². The van der Waals surface area contributed by atoms with Crippen molar-refractivity contribution >= 4 is 41.5 Å². The van der Waals surface area contributed by atoms with E-state index >= 15 is 0 Å². The summed E-state index contributed by atoms with van der Waals surface area (Å²) in [6, 6.07) is 3.61. The molecule has 0 saturated carbocycles. The molecule has 1 aliphatic heterocycles. The summed E-state index contributed by atoms with van der Waals surface area (Å²) in [7, 11) is 2.20. The summed E-state index contributed by atoms with van der Waals surface area (Å²) < 4.78 is 27.5. The second-order valence-corrected chi connectivity index (χ2v) is 10.5. The number of carbonyl (C=O) groups excluding carboxylic acids is 7. The van der Waals surface area contributed by atoms with Crippen molar-refractivity contribution in [1.29, 1.82) is 0 Å². The van der Waals surface area contributed by atoms with Crippen LogP contribution in [0.3, 0.4) is 0 Å². The molecule has 1 aromatic rings. The van der Waals surface area contributed by atoms with E-state index in [1.54, 1.807) is 44.2 Å². The molecule has 5 atom stereocenters. The highest BCUT2D eigenvalue weighted by Gasteiger charge is 2.41. The Balaban J connectivity index is 2.19. The summed E-state index contributed by atoms with van der Waals surface area (Å²) in [5, 5.41) is 7.31. The zero-order valence-electron chi connectivity index (χ0n) is 25.8. The third-order valence-corrected chi connectivity index (χ3v) is 7.47. The predicted molar refractivity (Wildman–Crippen MR) is 156 cm³/mol. The first-order chi connectivity index (χ1) is 21.4. The number of alkyl halides is 1. The van der Waals surface area contributed by atoms with Gasteiger partial charge in [-0.25, -0.2) is 9.18 Å². The molecule has 248 valence electrons. The normalized spacial score (nSPS) is 16.7. The highest BCUT2D eigenvalue weighted by atomic mass is 19.1. The van der Waals surface area contributed by atoms with E-state index in [2.05, 4.69) is 25.4 Å². The highest BCUT2D eigenvalue weighted by Crippen LogP contribution is 2.22. The fraction of sp³-hybridized carbons (Fsp3) is 0.567. The smallest absolute Gasteiger partial charge is 0.408 e. The summed E-state index contributed by atoms with van der Waals surface area (Å²) in [5.74, 6) is -5.35. The molecule has 2 rings (SSSR count). The maximum absolute atomic E-state index is 13.8. The van der Waals surface area contributed by atoms with Crippen molar-refractivity contribution < 1.29 is 52.2 Å². The highest BCUT2D eigenvalue weighted by molar-refractivity contribution is 5.97. The van der Waals surface area contributed by atoms with Crippen molar-refractivity contribution in [1.82, 2.24) is 20.9 Å². The van der Waals surface area contributed by atoms with Gasteiger partial charge < -0.3 is 35.1 Å². The van der Waals surface area contributed by atoms with Gasteiger partial charge in [-0.1, -0.05) is 50.6 Å². The average molecular weight is 637 g/mol. The second-order valence-electron chi connectivity index (χ2n) is 10.5. The Labute approximate surface area is 260 Å². The molecule has 45 heavy (non-hydrogen) atoms. The number of ketones is 1. The van der Waals surface area contributed by atoms with Crippen LogP contribution in [0.25, 0.3) is 0 Å². The van der Waals surface area contributed by atoms with Crippen LogP contribution >= 0.6 is 0 Å². The van der Waals surface area contributed by atoms with E-state index in [0.717, 1.165) is 14.2 Å². The van der Waals surface area contributed by atoms with E-state index in [-0.39, 0.29) is 19.6 Å². The minimum absolute atomic E-state index is 0.0942. The lowest BCUT2D eigenvalue weighted by Gasteiger charge is -2.32. The number of hydrogen-bond acceptors (Lipinski definition) is 10. The van der Waals surface area contributed by atoms with Crippen LogP contribution in [0.4, 0.5) is 9.18 Å². The van der Waals surface area contributed by atoms with E-state index in [1.807, 2.05) is 0 Å². The molecule has 1 fully saturated rings. The second kappa shape index (κ2) is 18.3. The van der Waals surface area contributed by atoms with Gasteiger partial charge in [0.05, 0.1) is 27.1 Å². The standard InChI is InChI=1S/C30H41FN4O10/c1-5-18(2)26(29(41)35-13-9-12-22(35)28(40)32-20(23(36)16-31)14-24(37)43-3)34-27(39)21(15-25(38)44-4)33-30(42)45-17-19-10-7-6-8-11-19/h6-8,10-11,18,20-22,26H,5,9,12-17H2,1-4H3,(H,32,40)(H,33,42)(H,34,39)/t18-,20-,21-,22-,26-/m0/s1. The van der Waals surface area contributed by atoms with Gasteiger partial charge in [0.2, 0.25) is 17.7 Å². The van der Waals surface area contributed by atoms with Crippen LogP contribution in [0.5, 0.6) is 0 Å². The van der Waals surface area contributed by atoms with Gasteiger partial charge in [0.25, 0.3) is 0 Å². The van der Waals surface area contributed by atoms with Gasteiger partial charge in [0.1, 0.15) is 37.4 Å². The number of nitrogens with zero attached hydrogens (tertiary/aromatic N) is 1. The first kappa shape index (κ1) is 36.6. The molecule has 3 N–H and O–H groups in total. The lowest BCUT2D eigenvalue weighted by atomic mass is 9.96. The Hall–Kier alpha value is -4.56. The lowest BCUT2D eigenvalue weighted by Crippen LogP contribution is -2.59. The van der Waals surface area contributed by atoms with Gasteiger partial charge >= 0.3 is 18.0 Å². The number of Topliss-reactive ketones (excluding diaryl/α,β-unsaturated/α-hetero) is 1. The lowest BCUT2D eigenvalue weighted by molar-refractivity contribution is -0.146. The van der Waals surface area contributed by atoms with E-state index in [9.17, 15) is 38.0 Å². The average Bonchev–Trinajstić information content (AvgIpc) is 3.55. The number of hydrogen-bond donors (Lipinski definition) is 3. The van der Waals surface area contributed by atoms with Gasteiger partial charge in [-0.05, 0) is 24.3 Å². The Bertz CT molecular complexity index is 1210. The van der Waals surface area contributed by atoms with E-state index in [4.69, 9.17) is 4.74 Å². The molecule has 0 aliphatic carbocycles. The quantitative estimate of drug-likeness (QED) is 0.174. The molecule has 14 nitrogen and oxygen atoms in total. The van der Waals surface area contributed by atoms with Crippen LogP contribution in [-0.4, -0.2) is 98.0 Å². The first-order valence-electron chi connectivity index (χ1n) is 14.6. The van der Waals surface area contributed by atoms with E-state index in [1.165, 1.54) is 4.90 Å². The number of carbonyl (C=O) groups is 7. The number of rotatable bonds is 16. The topological polar surface area (TPSA) is 187 Å². The first-order valence-corrected chi connectivity index (χ1v) is 14.6. The molecule has 15 heteroatoms. The molecule has 1 aromatic carbocycles. The minimum Gasteiger partial charge on any atom is -0.469 e. The molecule has 0 bridgehead atoms. The van der Waals surface area contributed by atoms with Crippen LogP contribution in [-0.2, 0) is 49.6 Å². The molecule has 1 aliphatic rings. The van der Waals surface area contributed by atoms with Gasteiger partial charge in [-0.2, -0.15) is 0 Å². The summed E-state index contributed by atoms with van der Waals surface area (Å²) in [5.41, 5.74) is 0.693. The number of esters is 2. The summed E-state index contributed by atoms with van der Waals surface area (Å²) in [6.07, 6.45) is -1.05. The molecule has 4 amide bonds. The van der Waals surface area contributed by atoms with Crippen molar-refractivity contribution in [2.24, 2.45) is 5.92 Å². The van der Waals surface area contributed by atoms with Crippen LogP contribution in [0, 0.1) is 5.92 Å². The van der Waals surface area contributed by atoms with Gasteiger partial charge in [0, 0.05) is 6.54 Å². The zero-order chi connectivity index (χ0) is 33.5. The Morgan fingerprint density at radius 2 is 1.56 bits per heavy atom. The number of alkyl carbamates (subject to hydrolysis) is 1. The van der Waals surface area contributed by atoms with Crippen molar-refractivity contribution in [2.75, 3.05) is 27.4 Å². The third kappa shape index (κ3) is 11.1. The molecule has 0 unspecified atom stereocenters. The van der Waals surface area contributed by atoms with E-state index in [0.29, 0.717) is 18.4 Å². The van der Waals surface area contributed by atoms with Gasteiger partial charge in [-0.3, -0.25) is 28.8 Å². The van der Waals surface area contributed by atoms with Crippen molar-refractivity contribution in [3.05, 3.63) is 35.9 Å². The molecular weight excluding hydrogens is 595 g/mol. The number of ether oxygens (including phenoxy) is 3. The van der Waals surface area contributed by atoms with E-state index < -0.39 is 91.1 Å². The predicted octanol–water partition coefficient (Wildman–Crippen LogP) is 0.953. The number of benzene rings is 1. The number of halogens is 1. The monoisotopic (exact) mass is 636 g/mol. The Morgan fingerprint density at radius 3 is 2.13 bits per heavy atom. The maximum atomic E-state index is 13.8. The van der Waals surface area contributed by atoms with Crippen LogP contribution < -0.4 is 16.0 Å². The van der Waals surface area contributed by atoms with Crippen LogP contribution in [0.15, 0.2) is 30.3 Å². The number of nitrogens with one attached hydrogen (secondary N) is 3. The molecule has 0 aromatic heterocycles. The minimum atomic E-state index is -1.48. The Morgan fingerprint density at radius 1 is 0.933 bits per heavy atom. The number of likely N-dealkylation sites (tertiary alicyclic amines) is 1. The van der Waals surface area contributed by atoms with Crippen LogP contribution in [0.2, 0.25) is 0 Å². The van der Waals surface area contributed by atoms with Crippen molar-refractivity contribution in [3.8, 4) is 0 Å². The molecule has 0 radical (unpaired) electrons. The summed E-state index contributed by atoms with van der Waals surface area (Å²) >= 11 is 0. The third-order valence-electron chi connectivity index (χ3n) is 7.47. The zero-order valence-corrected chi connectivity index (χ0v) is 25.8. The van der Waals surface area contributed by atoms with Gasteiger partial charge in [0.15, 0.2) is 5.78 Å². The fourth-order valence-corrected chi connectivity index (χ4v) is 4.64. The molecule has 1 heterocycles. The Kier molecular flexibility index (Phi) is 14.9.